The lowest BCUT2D eigenvalue weighted by molar-refractivity contribution is -0.139. The quantitative estimate of drug-likeness (QED) is 0.275. The van der Waals surface area contributed by atoms with E-state index in [0.717, 1.165) is 16.7 Å². The Morgan fingerprint density at radius 1 is 1.14 bits per heavy atom. The zero-order valence-corrected chi connectivity index (χ0v) is 22.0. The lowest BCUT2D eigenvalue weighted by Crippen LogP contribution is -2.46. The summed E-state index contributed by atoms with van der Waals surface area (Å²) >= 11 is 13.1. The smallest absolute Gasteiger partial charge is 0.343 e. The van der Waals surface area contributed by atoms with Crippen molar-refractivity contribution in [3.63, 3.8) is 0 Å². The number of carbonyl (C=O) groups excluding carboxylic acids is 4. The van der Waals surface area contributed by atoms with Crippen LogP contribution in [0.25, 0.3) is 6.08 Å². The topological polar surface area (TPSA) is 102 Å². The van der Waals surface area contributed by atoms with Gasteiger partial charge in [0.25, 0.3) is 11.1 Å². The van der Waals surface area contributed by atoms with Crippen LogP contribution in [0.15, 0.2) is 41.3 Å². The minimum absolute atomic E-state index is 0.00912. The third kappa shape index (κ3) is 6.45. The van der Waals surface area contributed by atoms with Gasteiger partial charge >= 0.3 is 5.97 Å². The third-order valence-electron chi connectivity index (χ3n) is 5.42. The molecule has 9 nitrogen and oxygen atoms in total. The molecule has 37 heavy (non-hydrogen) atoms. The number of morpholine rings is 1. The molecule has 0 unspecified atom stereocenters. The fourth-order valence-corrected chi connectivity index (χ4v) is 4.92. The fraction of sp³-hybridized carbons (Fsp3) is 0.280. The molecule has 2 aliphatic rings. The van der Waals surface area contributed by atoms with E-state index in [-0.39, 0.29) is 46.0 Å². The van der Waals surface area contributed by atoms with Gasteiger partial charge in [-0.15, -0.1) is 0 Å². The molecule has 2 heterocycles. The molecule has 0 N–H and O–H groups in total. The molecule has 12 heteroatoms. The summed E-state index contributed by atoms with van der Waals surface area (Å²) in [6, 6.07) is 9.30. The SMILES string of the molecule is CCOc1cc(/C=C2\SC(=O)N(CC(=O)N3CCOCC3)C2=O)cc(Cl)c1OC(=O)c1cccc(Cl)c1. The number of carbonyl (C=O) groups is 4. The van der Waals surface area contributed by atoms with Crippen molar-refractivity contribution in [1.29, 1.82) is 0 Å². The summed E-state index contributed by atoms with van der Waals surface area (Å²) in [6.45, 7) is 3.32. The second-order valence-corrected chi connectivity index (χ2v) is 9.76. The molecule has 3 amide bonds. The molecule has 4 rings (SSSR count). The van der Waals surface area contributed by atoms with Gasteiger partial charge in [0, 0.05) is 18.1 Å². The molecule has 2 fully saturated rings. The molecule has 2 aromatic rings. The van der Waals surface area contributed by atoms with E-state index in [9.17, 15) is 19.2 Å². The first-order valence-electron chi connectivity index (χ1n) is 11.3. The third-order valence-corrected chi connectivity index (χ3v) is 6.84. The highest BCUT2D eigenvalue weighted by atomic mass is 35.5. The van der Waals surface area contributed by atoms with E-state index in [1.54, 1.807) is 36.1 Å². The summed E-state index contributed by atoms with van der Waals surface area (Å²) in [5.74, 6) is -1.39. The fourth-order valence-electron chi connectivity index (χ4n) is 3.64. The number of ether oxygens (including phenoxy) is 3. The molecular weight excluding hydrogens is 543 g/mol. The Morgan fingerprint density at radius 2 is 1.89 bits per heavy atom. The van der Waals surface area contributed by atoms with Crippen LogP contribution in [0.5, 0.6) is 11.5 Å². The first-order valence-corrected chi connectivity index (χ1v) is 12.9. The summed E-state index contributed by atoms with van der Waals surface area (Å²) in [4.78, 5) is 53.2. The van der Waals surface area contributed by atoms with Crippen molar-refractivity contribution in [3.05, 3.63) is 62.5 Å². The van der Waals surface area contributed by atoms with Crippen molar-refractivity contribution in [3.8, 4) is 11.5 Å². The maximum Gasteiger partial charge on any atom is 0.343 e. The Morgan fingerprint density at radius 3 is 2.59 bits per heavy atom. The number of esters is 1. The number of halogens is 2. The molecular formula is C25H22Cl2N2O7S. The first kappa shape index (κ1) is 27.0. The van der Waals surface area contributed by atoms with Crippen LogP contribution >= 0.6 is 35.0 Å². The van der Waals surface area contributed by atoms with E-state index < -0.39 is 17.1 Å². The van der Waals surface area contributed by atoms with E-state index in [1.807, 2.05) is 0 Å². The standard InChI is InChI=1S/C25H22Cl2N2O7S/c1-2-35-19-11-15(10-18(27)22(19)36-24(32)16-4-3-5-17(26)13-16)12-20-23(31)29(25(33)37-20)14-21(30)28-6-8-34-9-7-28/h3-5,10-13H,2,6-9,14H2,1H3/b20-12-. The summed E-state index contributed by atoms with van der Waals surface area (Å²) in [6.07, 6.45) is 1.47. The molecule has 2 saturated heterocycles. The van der Waals surface area contributed by atoms with Crippen molar-refractivity contribution < 1.29 is 33.4 Å². The largest absolute Gasteiger partial charge is 0.490 e. The lowest BCUT2D eigenvalue weighted by atomic mass is 10.1. The first-order chi connectivity index (χ1) is 17.8. The number of benzene rings is 2. The van der Waals surface area contributed by atoms with Gasteiger partial charge in [0.15, 0.2) is 11.5 Å². The molecule has 0 bridgehead atoms. The Labute approximate surface area is 227 Å². The molecule has 0 saturated carbocycles. The molecule has 2 aliphatic heterocycles. The number of rotatable bonds is 7. The summed E-state index contributed by atoms with van der Waals surface area (Å²) < 4.78 is 16.3. The van der Waals surface area contributed by atoms with Gasteiger partial charge in [-0.3, -0.25) is 19.3 Å². The maximum atomic E-state index is 12.9. The van der Waals surface area contributed by atoms with Gasteiger partial charge in [0.2, 0.25) is 5.91 Å². The van der Waals surface area contributed by atoms with Crippen LogP contribution in [0.2, 0.25) is 10.0 Å². The number of nitrogens with zero attached hydrogens (tertiary/aromatic N) is 2. The normalized spacial score (nSPS) is 16.9. The number of amides is 3. The van der Waals surface area contributed by atoms with Gasteiger partial charge in [0.1, 0.15) is 6.54 Å². The minimum Gasteiger partial charge on any atom is -0.490 e. The summed E-state index contributed by atoms with van der Waals surface area (Å²) in [5.41, 5.74) is 0.677. The Hall–Kier alpha value is -3.05. The van der Waals surface area contributed by atoms with Gasteiger partial charge in [-0.1, -0.05) is 29.3 Å². The van der Waals surface area contributed by atoms with Crippen LogP contribution in [0.3, 0.4) is 0 Å². The molecule has 0 radical (unpaired) electrons. The lowest BCUT2D eigenvalue weighted by Gasteiger charge is -2.28. The van der Waals surface area contributed by atoms with E-state index in [2.05, 4.69) is 0 Å². The van der Waals surface area contributed by atoms with Gasteiger partial charge in [-0.05, 0) is 60.7 Å². The van der Waals surface area contributed by atoms with Gasteiger partial charge in [-0.2, -0.15) is 0 Å². The predicted octanol–water partition coefficient (Wildman–Crippen LogP) is 4.51. The highest BCUT2D eigenvalue weighted by Crippen LogP contribution is 2.39. The molecule has 0 atom stereocenters. The van der Waals surface area contributed by atoms with Crippen molar-refractivity contribution in [2.75, 3.05) is 39.5 Å². The average Bonchev–Trinajstić information content (AvgIpc) is 3.13. The number of hydrogen-bond acceptors (Lipinski definition) is 8. The highest BCUT2D eigenvalue weighted by molar-refractivity contribution is 8.18. The zero-order valence-electron chi connectivity index (χ0n) is 19.7. The van der Waals surface area contributed by atoms with Gasteiger partial charge in [-0.25, -0.2) is 4.79 Å². The minimum atomic E-state index is -0.677. The maximum absolute atomic E-state index is 12.9. The van der Waals surface area contributed by atoms with Crippen molar-refractivity contribution >= 4 is 64.1 Å². The second kappa shape index (κ2) is 12.0. The van der Waals surface area contributed by atoms with Crippen LogP contribution in [-0.2, 0) is 14.3 Å². The summed E-state index contributed by atoms with van der Waals surface area (Å²) in [7, 11) is 0. The van der Waals surface area contributed by atoms with Crippen LogP contribution < -0.4 is 9.47 Å². The van der Waals surface area contributed by atoms with Crippen molar-refractivity contribution in [2.45, 2.75) is 6.92 Å². The van der Waals surface area contributed by atoms with Crippen LogP contribution in [0, 0.1) is 0 Å². The molecule has 194 valence electrons. The van der Waals surface area contributed by atoms with Crippen molar-refractivity contribution in [1.82, 2.24) is 9.80 Å². The second-order valence-electron chi connectivity index (χ2n) is 7.92. The number of thioether (sulfide) groups is 1. The van der Waals surface area contributed by atoms with Gasteiger partial charge < -0.3 is 19.1 Å². The Kier molecular flexibility index (Phi) is 8.75. The highest BCUT2D eigenvalue weighted by Gasteiger charge is 2.37. The average molecular weight is 565 g/mol. The molecule has 0 aliphatic carbocycles. The van der Waals surface area contributed by atoms with E-state index in [1.165, 1.54) is 18.2 Å². The summed E-state index contributed by atoms with van der Waals surface area (Å²) in [5, 5.41) is -0.100. The monoisotopic (exact) mass is 564 g/mol. The number of imide groups is 1. The van der Waals surface area contributed by atoms with E-state index in [0.29, 0.717) is 36.9 Å². The molecule has 0 spiro atoms. The van der Waals surface area contributed by atoms with Crippen molar-refractivity contribution in [2.24, 2.45) is 0 Å². The molecule has 0 aromatic heterocycles. The van der Waals surface area contributed by atoms with E-state index >= 15 is 0 Å². The molecule has 2 aromatic carbocycles. The zero-order chi connectivity index (χ0) is 26.5. The Balaban J connectivity index is 1.54. The number of hydrogen-bond donors (Lipinski definition) is 0. The van der Waals surface area contributed by atoms with Gasteiger partial charge in [0.05, 0.1) is 35.3 Å². The van der Waals surface area contributed by atoms with Crippen LogP contribution in [0.1, 0.15) is 22.8 Å². The predicted molar refractivity (Wildman–Crippen MR) is 139 cm³/mol. The van der Waals surface area contributed by atoms with Crippen LogP contribution in [-0.4, -0.2) is 72.3 Å². The van der Waals surface area contributed by atoms with Crippen LogP contribution in [0.4, 0.5) is 4.79 Å². The Bertz CT molecular complexity index is 1280. The van der Waals surface area contributed by atoms with E-state index in [4.69, 9.17) is 37.4 Å².